The summed E-state index contributed by atoms with van der Waals surface area (Å²) in [7, 11) is 0. The van der Waals surface area contributed by atoms with Crippen molar-refractivity contribution in [2.24, 2.45) is 5.41 Å². The van der Waals surface area contributed by atoms with E-state index in [9.17, 15) is 20.0 Å². The minimum absolute atomic E-state index is 0.205. The Balaban J connectivity index is 3.18. The van der Waals surface area contributed by atoms with Crippen LogP contribution in [0.4, 0.5) is 11.5 Å². The number of carboxylic acid groups (broad SMARTS) is 1. The van der Waals surface area contributed by atoms with Gasteiger partial charge in [0.2, 0.25) is 5.69 Å². The molecule has 2 N–H and O–H groups in total. The molecule has 8 nitrogen and oxygen atoms in total. The van der Waals surface area contributed by atoms with Gasteiger partial charge in [0.25, 0.3) is 0 Å². The van der Waals surface area contributed by atoms with Gasteiger partial charge in [-0.05, 0) is 33.8 Å². The minimum atomic E-state index is -1.12. The second-order valence-corrected chi connectivity index (χ2v) is 5.61. The summed E-state index contributed by atoms with van der Waals surface area (Å²) in [5.41, 5.74) is -2.73. The number of anilines is 1. The van der Waals surface area contributed by atoms with Crippen molar-refractivity contribution in [3.05, 3.63) is 27.9 Å². The van der Waals surface area contributed by atoms with Crippen molar-refractivity contribution in [2.75, 3.05) is 5.32 Å². The maximum atomic E-state index is 11.3. The van der Waals surface area contributed by atoms with Crippen molar-refractivity contribution in [1.82, 2.24) is 4.98 Å². The lowest BCUT2D eigenvalue weighted by Gasteiger charge is -2.39. The van der Waals surface area contributed by atoms with Crippen LogP contribution in [0.1, 0.15) is 33.4 Å². The Bertz CT molecular complexity index is 632. The van der Waals surface area contributed by atoms with Gasteiger partial charge in [-0.1, -0.05) is 0 Å². The van der Waals surface area contributed by atoms with Gasteiger partial charge in [-0.15, -0.1) is 0 Å². The summed E-state index contributed by atoms with van der Waals surface area (Å²) in [6, 6.07) is 4.17. The number of carboxylic acids is 1. The Hall–Kier alpha value is -2.69. The van der Waals surface area contributed by atoms with Crippen LogP contribution in [0.2, 0.25) is 0 Å². The molecule has 1 heterocycles. The average Bonchev–Trinajstić information content (AvgIpc) is 2.37. The molecule has 1 aromatic rings. The number of nitrogens with one attached hydrogen (secondary N) is 1. The van der Waals surface area contributed by atoms with Crippen molar-refractivity contribution in [1.29, 1.82) is 5.26 Å². The fraction of sp³-hybridized carbons (Fsp3) is 0.462. The SMILES string of the molecule is CC(C)(Nc1ccc([N+](=O)[O-])c(C#N)n1)C(C)(C)C(=O)O. The number of hydrogen-bond donors (Lipinski definition) is 2. The summed E-state index contributed by atoms with van der Waals surface area (Å²) >= 11 is 0. The van der Waals surface area contributed by atoms with Crippen LogP contribution in [0.3, 0.4) is 0 Å². The lowest BCUT2D eigenvalue weighted by atomic mass is 9.74. The Morgan fingerprint density at radius 2 is 2.00 bits per heavy atom. The lowest BCUT2D eigenvalue weighted by molar-refractivity contribution is -0.385. The summed E-state index contributed by atoms with van der Waals surface area (Å²) in [6.07, 6.45) is 0. The Kier molecular flexibility index (Phi) is 4.18. The van der Waals surface area contributed by atoms with Crippen molar-refractivity contribution in [3.8, 4) is 6.07 Å². The smallest absolute Gasteiger partial charge is 0.311 e. The fourth-order valence-electron chi connectivity index (χ4n) is 1.49. The molecular formula is C13H16N4O4. The van der Waals surface area contributed by atoms with Crippen LogP contribution >= 0.6 is 0 Å². The summed E-state index contributed by atoms with van der Waals surface area (Å²) in [5.74, 6) is -0.793. The highest BCUT2D eigenvalue weighted by Gasteiger charge is 2.43. The normalized spacial score (nSPS) is 11.6. The maximum absolute atomic E-state index is 11.3. The van der Waals surface area contributed by atoms with Crippen LogP contribution < -0.4 is 5.32 Å². The van der Waals surface area contributed by atoms with E-state index in [2.05, 4.69) is 10.3 Å². The van der Waals surface area contributed by atoms with Crippen molar-refractivity contribution >= 4 is 17.5 Å². The maximum Gasteiger partial charge on any atom is 0.311 e. The molecule has 21 heavy (non-hydrogen) atoms. The molecule has 112 valence electrons. The van der Waals surface area contributed by atoms with Crippen molar-refractivity contribution < 1.29 is 14.8 Å². The van der Waals surface area contributed by atoms with Gasteiger partial charge in [0.1, 0.15) is 11.9 Å². The second kappa shape index (κ2) is 5.36. The number of nitro groups is 1. The van der Waals surface area contributed by atoms with Crippen LogP contribution in [0.15, 0.2) is 12.1 Å². The van der Waals surface area contributed by atoms with Crippen LogP contribution in [0.25, 0.3) is 0 Å². The zero-order valence-corrected chi connectivity index (χ0v) is 12.2. The van der Waals surface area contributed by atoms with Gasteiger partial charge in [0.15, 0.2) is 0 Å². The van der Waals surface area contributed by atoms with E-state index in [-0.39, 0.29) is 11.5 Å². The first-order valence-corrected chi connectivity index (χ1v) is 6.10. The van der Waals surface area contributed by atoms with Crippen LogP contribution in [0, 0.1) is 26.9 Å². The lowest BCUT2D eigenvalue weighted by Crippen LogP contribution is -2.50. The molecule has 0 amide bonds. The highest BCUT2D eigenvalue weighted by molar-refractivity contribution is 5.76. The molecule has 0 aliphatic carbocycles. The quantitative estimate of drug-likeness (QED) is 0.628. The highest BCUT2D eigenvalue weighted by atomic mass is 16.6. The number of hydrogen-bond acceptors (Lipinski definition) is 6. The summed E-state index contributed by atoms with van der Waals surface area (Å²) < 4.78 is 0. The Morgan fingerprint density at radius 3 is 2.43 bits per heavy atom. The third-order valence-electron chi connectivity index (χ3n) is 3.71. The Labute approximate surface area is 121 Å². The summed E-state index contributed by atoms with van der Waals surface area (Å²) in [6.45, 7) is 6.46. The summed E-state index contributed by atoms with van der Waals surface area (Å²) in [5, 5.41) is 31.8. The number of pyridine rings is 1. The average molecular weight is 292 g/mol. The number of nitrogens with zero attached hydrogens (tertiary/aromatic N) is 3. The topological polar surface area (TPSA) is 129 Å². The van der Waals surface area contributed by atoms with Gasteiger partial charge < -0.3 is 10.4 Å². The van der Waals surface area contributed by atoms with Gasteiger partial charge in [0, 0.05) is 11.6 Å². The predicted molar refractivity (Wildman–Crippen MR) is 74.7 cm³/mol. The van der Waals surface area contributed by atoms with E-state index in [1.165, 1.54) is 6.07 Å². The molecule has 8 heteroatoms. The van der Waals surface area contributed by atoms with E-state index in [4.69, 9.17) is 5.26 Å². The molecule has 0 spiro atoms. The molecule has 0 aromatic carbocycles. The third kappa shape index (κ3) is 3.08. The van der Waals surface area contributed by atoms with Crippen LogP contribution in [0.5, 0.6) is 0 Å². The second-order valence-electron chi connectivity index (χ2n) is 5.61. The third-order valence-corrected chi connectivity index (χ3v) is 3.71. The highest BCUT2D eigenvalue weighted by Crippen LogP contribution is 2.34. The molecule has 0 fully saturated rings. The first kappa shape index (κ1) is 16.4. The van der Waals surface area contributed by atoms with Crippen molar-refractivity contribution in [3.63, 3.8) is 0 Å². The fourth-order valence-corrected chi connectivity index (χ4v) is 1.49. The largest absolute Gasteiger partial charge is 0.481 e. The van der Waals surface area contributed by atoms with E-state index in [0.717, 1.165) is 6.07 Å². The molecule has 0 bridgehead atoms. The zero-order valence-electron chi connectivity index (χ0n) is 12.2. The van der Waals surface area contributed by atoms with Crippen molar-refractivity contribution in [2.45, 2.75) is 33.2 Å². The molecule has 0 atom stereocenters. The first-order chi connectivity index (χ1) is 9.52. The standard InChI is InChI=1S/C13H16N4O4/c1-12(2,11(18)19)13(3,4)16-10-6-5-9(17(20)21)8(7-14)15-10/h5-6H,1-4H3,(H,15,16)(H,18,19). The predicted octanol–water partition coefficient (Wildman–Crippen LogP) is 2.16. The first-order valence-electron chi connectivity index (χ1n) is 6.10. The van der Waals surface area contributed by atoms with Crippen LogP contribution in [-0.4, -0.2) is 26.5 Å². The monoisotopic (exact) mass is 292 g/mol. The number of carbonyl (C=O) groups is 1. The Morgan fingerprint density at radius 1 is 1.43 bits per heavy atom. The van der Waals surface area contributed by atoms with E-state index < -0.39 is 27.5 Å². The molecule has 1 rings (SSSR count). The molecule has 0 aliphatic heterocycles. The molecule has 0 saturated heterocycles. The minimum Gasteiger partial charge on any atom is -0.481 e. The van der Waals surface area contributed by atoms with E-state index in [0.29, 0.717) is 0 Å². The van der Waals surface area contributed by atoms with E-state index in [1.807, 2.05) is 0 Å². The number of nitriles is 1. The zero-order chi connectivity index (χ0) is 16.4. The molecule has 0 saturated carbocycles. The number of aromatic nitrogens is 1. The molecule has 0 radical (unpaired) electrons. The van der Waals surface area contributed by atoms with E-state index >= 15 is 0 Å². The molecule has 0 unspecified atom stereocenters. The van der Waals surface area contributed by atoms with Gasteiger partial charge in [0.05, 0.1) is 10.3 Å². The van der Waals surface area contributed by atoms with Crippen LogP contribution in [-0.2, 0) is 4.79 Å². The summed E-state index contributed by atoms with van der Waals surface area (Å²) in [4.78, 5) is 25.2. The van der Waals surface area contributed by atoms with Gasteiger partial charge in [-0.3, -0.25) is 14.9 Å². The van der Waals surface area contributed by atoms with Gasteiger partial charge in [-0.25, -0.2) is 4.98 Å². The molecule has 1 aromatic heterocycles. The molecular weight excluding hydrogens is 276 g/mol. The molecule has 0 aliphatic rings. The van der Waals surface area contributed by atoms with E-state index in [1.54, 1.807) is 33.8 Å². The van der Waals surface area contributed by atoms with Gasteiger partial charge in [-0.2, -0.15) is 5.26 Å². The number of rotatable bonds is 5. The number of aliphatic carboxylic acids is 1. The van der Waals surface area contributed by atoms with Gasteiger partial charge >= 0.3 is 11.7 Å².